The van der Waals surface area contributed by atoms with Crippen molar-refractivity contribution < 1.29 is 4.39 Å². The van der Waals surface area contributed by atoms with Gasteiger partial charge in [0.05, 0.1) is 5.02 Å². The third-order valence-corrected chi connectivity index (χ3v) is 5.68. The van der Waals surface area contributed by atoms with Gasteiger partial charge in [0, 0.05) is 18.7 Å². The van der Waals surface area contributed by atoms with Crippen LogP contribution in [-0.2, 0) is 19.5 Å². The van der Waals surface area contributed by atoms with E-state index in [0.717, 1.165) is 54.0 Å². The highest BCUT2D eigenvalue weighted by Crippen LogP contribution is 2.47. The Bertz CT molecular complexity index is 555. The van der Waals surface area contributed by atoms with Gasteiger partial charge in [-0.1, -0.05) is 32.4 Å². The molecule has 0 spiro atoms. The Hall–Kier alpha value is -0.600. The third kappa shape index (κ3) is 3.49. The number of fused-ring (bicyclic) bond motifs is 1. The molecule has 2 aliphatic rings. The van der Waals surface area contributed by atoms with Crippen LogP contribution >= 0.6 is 11.6 Å². The summed E-state index contributed by atoms with van der Waals surface area (Å²) in [6.07, 6.45) is 4.69. The standard InChI is InChI=1S/C19H27ClFN/c1-11(2)4-13-7-14(13)5-12(3)6-16-18(21)8-15-9-22-10-17(15)19(16)20/h8,11-14,22H,4-7,9-10H2,1-3H3. The van der Waals surface area contributed by atoms with Crippen LogP contribution in [0.25, 0.3) is 0 Å². The maximum absolute atomic E-state index is 14.4. The maximum Gasteiger partial charge on any atom is 0.128 e. The molecular weight excluding hydrogens is 297 g/mol. The van der Waals surface area contributed by atoms with E-state index >= 15 is 0 Å². The van der Waals surface area contributed by atoms with Crippen molar-refractivity contribution in [2.75, 3.05) is 0 Å². The molecule has 3 unspecified atom stereocenters. The van der Waals surface area contributed by atoms with Crippen molar-refractivity contribution in [1.29, 1.82) is 0 Å². The van der Waals surface area contributed by atoms with Gasteiger partial charge in [0.1, 0.15) is 5.82 Å². The van der Waals surface area contributed by atoms with E-state index in [1.54, 1.807) is 6.07 Å². The van der Waals surface area contributed by atoms with Crippen molar-refractivity contribution in [3.05, 3.63) is 33.6 Å². The van der Waals surface area contributed by atoms with E-state index in [4.69, 9.17) is 11.6 Å². The Morgan fingerprint density at radius 3 is 2.68 bits per heavy atom. The molecule has 122 valence electrons. The second-order valence-electron chi connectivity index (χ2n) is 7.82. The van der Waals surface area contributed by atoms with Crippen LogP contribution in [0.3, 0.4) is 0 Å². The van der Waals surface area contributed by atoms with Gasteiger partial charge in [0.15, 0.2) is 0 Å². The Kier molecular flexibility index (Phi) is 4.80. The minimum absolute atomic E-state index is 0.117. The Balaban J connectivity index is 1.62. The molecule has 0 saturated heterocycles. The summed E-state index contributed by atoms with van der Waals surface area (Å²) < 4.78 is 14.4. The highest BCUT2D eigenvalue weighted by atomic mass is 35.5. The van der Waals surface area contributed by atoms with Gasteiger partial charge in [-0.25, -0.2) is 4.39 Å². The van der Waals surface area contributed by atoms with Crippen molar-refractivity contribution in [3.63, 3.8) is 0 Å². The molecule has 1 aromatic rings. The van der Waals surface area contributed by atoms with Gasteiger partial charge in [-0.05, 0) is 66.5 Å². The second-order valence-corrected chi connectivity index (χ2v) is 8.20. The fourth-order valence-corrected chi connectivity index (χ4v) is 4.41. The van der Waals surface area contributed by atoms with Gasteiger partial charge in [-0.2, -0.15) is 0 Å². The van der Waals surface area contributed by atoms with Crippen LogP contribution in [0.1, 0.15) is 56.7 Å². The van der Waals surface area contributed by atoms with E-state index in [1.165, 1.54) is 19.3 Å². The molecule has 3 rings (SSSR count). The first-order valence-corrected chi connectivity index (χ1v) is 9.02. The molecule has 0 bridgehead atoms. The molecule has 0 radical (unpaired) electrons. The Morgan fingerprint density at radius 1 is 1.23 bits per heavy atom. The molecule has 1 N–H and O–H groups in total. The number of nitrogens with one attached hydrogen (secondary N) is 1. The van der Waals surface area contributed by atoms with Crippen LogP contribution in [0.15, 0.2) is 6.07 Å². The van der Waals surface area contributed by atoms with Gasteiger partial charge in [-0.15, -0.1) is 0 Å². The summed E-state index contributed by atoms with van der Waals surface area (Å²) in [7, 11) is 0. The van der Waals surface area contributed by atoms with Gasteiger partial charge < -0.3 is 5.32 Å². The predicted molar refractivity (Wildman–Crippen MR) is 90.5 cm³/mol. The molecule has 3 atom stereocenters. The largest absolute Gasteiger partial charge is 0.309 e. The lowest BCUT2D eigenvalue weighted by Crippen LogP contribution is -2.06. The highest BCUT2D eigenvalue weighted by Gasteiger charge is 2.37. The molecule has 1 saturated carbocycles. The van der Waals surface area contributed by atoms with Crippen molar-refractivity contribution >= 4 is 11.6 Å². The SMILES string of the molecule is CC(C)CC1CC1CC(C)Cc1c(F)cc2c(c1Cl)CNC2. The first kappa shape index (κ1) is 16.3. The van der Waals surface area contributed by atoms with Crippen molar-refractivity contribution in [2.24, 2.45) is 23.7 Å². The predicted octanol–water partition coefficient (Wildman–Crippen LogP) is 5.33. The van der Waals surface area contributed by atoms with Crippen LogP contribution in [0.4, 0.5) is 4.39 Å². The summed E-state index contributed by atoms with van der Waals surface area (Å²) in [5, 5.41) is 3.92. The molecule has 3 heteroatoms. The topological polar surface area (TPSA) is 12.0 Å². The molecule has 1 nitrogen and oxygen atoms in total. The maximum atomic E-state index is 14.4. The minimum Gasteiger partial charge on any atom is -0.309 e. The van der Waals surface area contributed by atoms with E-state index in [-0.39, 0.29) is 5.82 Å². The monoisotopic (exact) mass is 323 g/mol. The van der Waals surface area contributed by atoms with Crippen LogP contribution in [0, 0.1) is 29.5 Å². The van der Waals surface area contributed by atoms with Crippen LogP contribution < -0.4 is 5.32 Å². The smallest absolute Gasteiger partial charge is 0.128 e. The van der Waals surface area contributed by atoms with Crippen molar-refractivity contribution in [2.45, 2.75) is 59.5 Å². The van der Waals surface area contributed by atoms with Gasteiger partial charge in [0.2, 0.25) is 0 Å². The van der Waals surface area contributed by atoms with Crippen LogP contribution in [-0.4, -0.2) is 0 Å². The quantitative estimate of drug-likeness (QED) is 0.745. The van der Waals surface area contributed by atoms with E-state index in [1.807, 2.05) is 0 Å². The Labute approximate surface area is 138 Å². The summed E-state index contributed by atoms with van der Waals surface area (Å²) in [5.41, 5.74) is 2.87. The Morgan fingerprint density at radius 2 is 1.95 bits per heavy atom. The zero-order chi connectivity index (χ0) is 15.9. The van der Waals surface area contributed by atoms with E-state index in [2.05, 4.69) is 26.1 Å². The lowest BCUT2D eigenvalue weighted by atomic mass is 9.92. The average molecular weight is 324 g/mol. The molecule has 22 heavy (non-hydrogen) atoms. The minimum atomic E-state index is -0.117. The summed E-state index contributed by atoms with van der Waals surface area (Å²) in [5.74, 6) is 2.94. The number of hydrogen-bond acceptors (Lipinski definition) is 1. The zero-order valence-electron chi connectivity index (χ0n) is 13.9. The van der Waals surface area contributed by atoms with Crippen molar-refractivity contribution in [1.82, 2.24) is 5.32 Å². The molecule has 0 aromatic heterocycles. The molecule has 1 aromatic carbocycles. The summed E-state index contributed by atoms with van der Waals surface area (Å²) in [6.45, 7) is 8.35. The number of rotatable bonds is 6. The lowest BCUT2D eigenvalue weighted by Gasteiger charge is -2.16. The van der Waals surface area contributed by atoms with Gasteiger partial charge >= 0.3 is 0 Å². The molecular formula is C19H27ClFN. The van der Waals surface area contributed by atoms with Crippen LogP contribution in [0.2, 0.25) is 5.02 Å². The van der Waals surface area contributed by atoms with Gasteiger partial charge in [0.25, 0.3) is 0 Å². The average Bonchev–Trinajstić information content (AvgIpc) is 2.96. The highest BCUT2D eigenvalue weighted by molar-refractivity contribution is 6.32. The molecule has 0 amide bonds. The summed E-state index contributed by atoms with van der Waals surface area (Å²) >= 11 is 6.47. The van der Waals surface area contributed by atoms with Crippen LogP contribution in [0.5, 0.6) is 0 Å². The fraction of sp³-hybridized carbons (Fsp3) is 0.684. The third-order valence-electron chi connectivity index (χ3n) is 5.22. The molecule has 1 heterocycles. The summed E-state index contributed by atoms with van der Waals surface area (Å²) in [4.78, 5) is 0. The summed E-state index contributed by atoms with van der Waals surface area (Å²) in [6, 6.07) is 1.68. The van der Waals surface area contributed by atoms with E-state index in [9.17, 15) is 4.39 Å². The normalized spacial score (nSPS) is 24.6. The first-order chi connectivity index (χ1) is 10.5. The van der Waals surface area contributed by atoms with E-state index < -0.39 is 0 Å². The van der Waals surface area contributed by atoms with Gasteiger partial charge in [-0.3, -0.25) is 0 Å². The fourth-order valence-electron chi connectivity index (χ4n) is 4.06. The lowest BCUT2D eigenvalue weighted by molar-refractivity contribution is 0.438. The second kappa shape index (κ2) is 6.49. The number of hydrogen-bond donors (Lipinski definition) is 1. The number of benzene rings is 1. The zero-order valence-corrected chi connectivity index (χ0v) is 14.6. The first-order valence-electron chi connectivity index (χ1n) is 8.65. The molecule has 1 fully saturated rings. The molecule has 1 aliphatic carbocycles. The van der Waals surface area contributed by atoms with E-state index in [0.29, 0.717) is 10.9 Å². The van der Waals surface area contributed by atoms with Crippen molar-refractivity contribution in [3.8, 4) is 0 Å². The molecule has 1 aliphatic heterocycles. The number of halogens is 2.